The van der Waals surface area contributed by atoms with Crippen molar-refractivity contribution in [2.75, 3.05) is 13.2 Å². The van der Waals surface area contributed by atoms with Crippen LogP contribution in [0.3, 0.4) is 0 Å². The second kappa shape index (κ2) is 57.9. The number of ether oxygens (including phenoxy) is 3. The van der Waals surface area contributed by atoms with Gasteiger partial charge in [-0.25, -0.2) is 0 Å². The molecule has 0 unspecified atom stereocenters. The monoisotopic (exact) mass is 967 g/mol. The van der Waals surface area contributed by atoms with Gasteiger partial charge in [-0.2, -0.15) is 0 Å². The van der Waals surface area contributed by atoms with Gasteiger partial charge in [-0.15, -0.1) is 0 Å². The maximum atomic E-state index is 12.9. The van der Waals surface area contributed by atoms with E-state index < -0.39 is 6.10 Å². The Labute approximate surface area is 428 Å². The molecule has 69 heavy (non-hydrogen) atoms. The zero-order valence-corrected chi connectivity index (χ0v) is 46.1. The van der Waals surface area contributed by atoms with Gasteiger partial charge in [-0.1, -0.05) is 281 Å². The third-order valence-corrected chi connectivity index (χ3v) is 13.3. The van der Waals surface area contributed by atoms with E-state index in [4.69, 9.17) is 14.2 Å². The third kappa shape index (κ3) is 56.2. The van der Waals surface area contributed by atoms with Crippen molar-refractivity contribution in [3.05, 3.63) is 48.6 Å². The Hall–Kier alpha value is -2.63. The van der Waals surface area contributed by atoms with Crippen LogP contribution in [0, 0.1) is 0 Å². The minimum absolute atomic E-state index is 0.0817. The molecule has 0 bridgehead atoms. The zero-order valence-electron chi connectivity index (χ0n) is 46.1. The molecule has 0 aliphatic rings. The van der Waals surface area contributed by atoms with Crippen LogP contribution in [-0.4, -0.2) is 37.2 Å². The van der Waals surface area contributed by atoms with E-state index in [9.17, 15) is 14.4 Å². The van der Waals surface area contributed by atoms with E-state index in [2.05, 4.69) is 69.4 Å². The van der Waals surface area contributed by atoms with Gasteiger partial charge in [0.2, 0.25) is 0 Å². The molecule has 0 aliphatic carbocycles. The predicted octanol–water partition coefficient (Wildman–Crippen LogP) is 20.2. The lowest BCUT2D eigenvalue weighted by molar-refractivity contribution is -0.167. The molecule has 0 spiro atoms. The van der Waals surface area contributed by atoms with Crippen LogP contribution in [0.15, 0.2) is 48.6 Å². The maximum Gasteiger partial charge on any atom is 0.306 e. The summed E-state index contributed by atoms with van der Waals surface area (Å²) in [6, 6.07) is 0. The Bertz CT molecular complexity index is 1200. The fourth-order valence-corrected chi connectivity index (χ4v) is 8.78. The highest BCUT2D eigenvalue weighted by Gasteiger charge is 2.19. The number of unbranched alkanes of at least 4 members (excludes halogenated alkanes) is 36. The molecule has 0 radical (unpaired) electrons. The van der Waals surface area contributed by atoms with Crippen molar-refractivity contribution in [1.82, 2.24) is 0 Å². The summed E-state index contributed by atoms with van der Waals surface area (Å²) in [6.07, 6.45) is 71.1. The smallest absolute Gasteiger partial charge is 0.306 e. The number of hydrogen-bond donors (Lipinski definition) is 0. The van der Waals surface area contributed by atoms with E-state index in [1.54, 1.807) is 0 Å². The Morgan fingerprint density at radius 3 is 0.841 bits per heavy atom. The van der Waals surface area contributed by atoms with Crippen molar-refractivity contribution in [2.24, 2.45) is 0 Å². The van der Waals surface area contributed by atoms with Crippen LogP contribution in [0.5, 0.6) is 0 Å². The minimum atomic E-state index is -0.786. The molecule has 0 rings (SSSR count). The van der Waals surface area contributed by atoms with Crippen LogP contribution in [-0.2, 0) is 28.6 Å². The summed E-state index contributed by atoms with van der Waals surface area (Å²) in [5.41, 5.74) is 0. The molecule has 1 atom stereocenters. The van der Waals surface area contributed by atoms with Crippen molar-refractivity contribution in [3.63, 3.8) is 0 Å². The summed E-state index contributed by atoms with van der Waals surface area (Å²) in [7, 11) is 0. The quantitative estimate of drug-likeness (QED) is 0.0262. The molecule has 402 valence electrons. The molecule has 0 fully saturated rings. The summed E-state index contributed by atoms with van der Waals surface area (Å²) in [5, 5.41) is 0. The Kier molecular flexibility index (Phi) is 55.7. The number of carbonyl (C=O) groups is 3. The van der Waals surface area contributed by atoms with Crippen molar-refractivity contribution >= 4 is 17.9 Å². The van der Waals surface area contributed by atoms with Crippen LogP contribution in [0.2, 0.25) is 0 Å². The molecule has 0 aromatic heterocycles. The highest BCUT2D eigenvalue weighted by atomic mass is 16.6. The Morgan fingerprint density at radius 2 is 0.522 bits per heavy atom. The average Bonchev–Trinajstić information content (AvgIpc) is 3.35. The number of allylic oxidation sites excluding steroid dienone is 8. The lowest BCUT2D eigenvalue weighted by Gasteiger charge is -2.18. The number of carbonyl (C=O) groups excluding carboxylic acids is 3. The largest absolute Gasteiger partial charge is 0.462 e. The first kappa shape index (κ1) is 66.4. The first-order valence-electron chi connectivity index (χ1n) is 30.1. The number of hydrogen-bond acceptors (Lipinski definition) is 6. The summed E-state index contributed by atoms with van der Waals surface area (Å²) in [5.74, 6) is -0.896. The first-order chi connectivity index (χ1) is 34.0. The third-order valence-electron chi connectivity index (χ3n) is 13.3. The molecule has 0 saturated carbocycles. The van der Waals surface area contributed by atoms with Crippen molar-refractivity contribution in [1.29, 1.82) is 0 Å². The van der Waals surface area contributed by atoms with Gasteiger partial charge < -0.3 is 14.2 Å². The molecule has 0 aliphatic heterocycles. The number of rotatable bonds is 55. The van der Waals surface area contributed by atoms with Crippen LogP contribution in [0.25, 0.3) is 0 Å². The molecule has 0 aromatic rings. The molecule has 0 N–H and O–H groups in total. The van der Waals surface area contributed by atoms with Crippen LogP contribution >= 0.6 is 0 Å². The molecule has 6 heteroatoms. The summed E-state index contributed by atoms with van der Waals surface area (Å²) in [4.78, 5) is 38.1. The van der Waals surface area contributed by atoms with E-state index in [1.165, 1.54) is 193 Å². The summed E-state index contributed by atoms with van der Waals surface area (Å²) in [6.45, 7) is 6.62. The van der Waals surface area contributed by atoms with Gasteiger partial charge in [0.15, 0.2) is 6.10 Å². The maximum absolute atomic E-state index is 12.9. The fraction of sp³-hybridized carbons (Fsp3) is 0.825. The van der Waals surface area contributed by atoms with Gasteiger partial charge >= 0.3 is 17.9 Å². The van der Waals surface area contributed by atoms with E-state index in [0.717, 1.165) is 83.5 Å². The van der Waals surface area contributed by atoms with Crippen molar-refractivity contribution < 1.29 is 28.6 Å². The van der Waals surface area contributed by atoms with Crippen LogP contribution < -0.4 is 0 Å². The molecular formula is C63H114O6. The van der Waals surface area contributed by atoms with E-state index >= 15 is 0 Å². The van der Waals surface area contributed by atoms with Gasteiger partial charge in [0, 0.05) is 19.3 Å². The van der Waals surface area contributed by atoms with Gasteiger partial charge in [-0.3, -0.25) is 14.4 Å². The van der Waals surface area contributed by atoms with Crippen LogP contribution in [0.4, 0.5) is 0 Å². The second-order valence-corrected chi connectivity index (χ2v) is 20.3. The zero-order chi connectivity index (χ0) is 50.0. The number of esters is 3. The lowest BCUT2D eigenvalue weighted by Crippen LogP contribution is -2.30. The summed E-state index contributed by atoms with van der Waals surface area (Å²) >= 11 is 0. The topological polar surface area (TPSA) is 78.9 Å². The molecule has 6 nitrogen and oxygen atoms in total. The molecule has 0 saturated heterocycles. The molecular weight excluding hydrogens is 853 g/mol. The molecule has 0 amide bonds. The van der Waals surface area contributed by atoms with Gasteiger partial charge in [0.25, 0.3) is 0 Å². The first-order valence-corrected chi connectivity index (χ1v) is 30.1. The Morgan fingerprint density at radius 1 is 0.290 bits per heavy atom. The Balaban J connectivity index is 4.32. The lowest BCUT2D eigenvalue weighted by atomic mass is 10.0. The second-order valence-electron chi connectivity index (χ2n) is 20.3. The fourth-order valence-electron chi connectivity index (χ4n) is 8.78. The van der Waals surface area contributed by atoms with Crippen molar-refractivity contribution in [3.8, 4) is 0 Å². The van der Waals surface area contributed by atoms with Gasteiger partial charge in [0.1, 0.15) is 13.2 Å². The predicted molar refractivity (Wildman–Crippen MR) is 298 cm³/mol. The van der Waals surface area contributed by atoms with Crippen LogP contribution in [0.1, 0.15) is 316 Å². The average molecular weight is 968 g/mol. The highest BCUT2D eigenvalue weighted by molar-refractivity contribution is 5.71. The molecule has 0 aromatic carbocycles. The SMILES string of the molecule is CCCCC/C=C\C/C=C\C/C=C\C/C=C\CCCCCC(=O)O[C@@H](COC(=O)CCCCCCCCCCCCC)COC(=O)CCCCCCCCCCCCCCCCCCCCCCC. The molecule has 0 heterocycles. The van der Waals surface area contributed by atoms with Crippen molar-refractivity contribution in [2.45, 2.75) is 322 Å². The highest BCUT2D eigenvalue weighted by Crippen LogP contribution is 2.17. The van der Waals surface area contributed by atoms with E-state index in [1.807, 2.05) is 0 Å². The summed E-state index contributed by atoms with van der Waals surface area (Å²) < 4.78 is 16.9. The van der Waals surface area contributed by atoms with Gasteiger partial charge in [-0.05, 0) is 64.2 Å². The van der Waals surface area contributed by atoms with E-state index in [0.29, 0.717) is 19.3 Å². The standard InChI is InChI=1S/C63H114O6/c1-4-7-10-13-16-19-22-24-26-28-30-31-33-34-36-38-41-44-47-50-53-56-62(65)68-59-60(58-67-61(64)55-52-49-46-43-40-21-18-15-12-9-6-3)69-63(66)57-54-51-48-45-42-39-37-35-32-29-27-25-23-20-17-14-11-8-5-2/h17,20,25,27,32,35,39,42,60H,4-16,18-19,21-24,26,28-31,33-34,36-38,40-41,43-59H2,1-3H3/b20-17-,27-25-,35-32-,42-39-/t60-/m0/s1. The minimum Gasteiger partial charge on any atom is -0.462 e. The van der Waals surface area contributed by atoms with Gasteiger partial charge in [0.05, 0.1) is 0 Å². The normalized spacial score (nSPS) is 12.3. The van der Waals surface area contributed by atoms with E-state index in [-0.39, 0.29) is 31.1 Å².